The molecule has 0 aromatic heterocycles. The van der Waals surface area contributed by atoms with Crippen molar-refractivity contribution in [1.29, 1.82) is 0 Å². The van der Waals surface area contributed by atoms with Crippen LogP contribution in [0.3, 0.4) is 0 Å². The Labute approximate surface area is 171 Å². The minimum atomic E-state index is -0.648. The van der Waals surface area contributed by atoms with Crippen LogP contribution in [0.15, 0.2) is 42.5 Å². The van der Waals surface area contributed by atoms with Crippen LogP contribution in [0.25, 0.3) is 0 Å². The van der Waals surface area contributed by atoms with Crippen molar-refractivity contribution in [1.82, 2.24) is 5.32 Å². The maximum Gasteiger partial charge on any atom is 0.239 e. The van der Waals surface area contributed by atoms with E-state index in [1.54, 1.807) is 12.0 Å². The summed E-state index contributed by atoms with van der Waals surface area (Å²) in [5, 5.41) is 2.88. The van der Waals surface area contributed by atoms with Gasteiger partial charge >= 0.3 is 0 Å². The van der Waals surface area contributed by atoms with Gasteiger partial charge in [0.1, 0.15) is 5.92 Å². The van der Waals surface area contributed by atoms with Crippen LogP contribution >= 0.6 is 0 Å². The molecule has 0 bridgehead atoms. The minimum Gasteiger partial charge on any atom is -0.493 e. The largest absolute Gasteiger partial charge is 0.493 e. The summed E-state index contributed by atoms with van der Waals surface area (Å²) >= 11 is 0. The van der Waals surface area contributed by atoms with Crippen molar-refractivity contribution in [3.05, 3.63) is 53.6 Å². The van der Waals surface area contributed by atoms with E-state index in [2.05, 4.69) is 12.2 Å². The molecule has 29 heavy (non-hydrogen) atoms. The fourth-order valence-electron chi connectivity index (χ4n) is 3.50. The maximum atomic E-state index is 12.8. The fourth-order valence-corrected chi connectivity index (χ4v) is 3.50. The van der Waals surface area contributed by atoms with E-state index in [0.29, 0.717) is 37.6 Å². The fraction of sp³-hybridized carbons (Fsp3) is 0.391. The van der Waals surface area contributed by atoms with Gasteiger partial charge in [0, 0.05) is 18.8 Å². The van der Waals surface area contributed by atoms with Crippen molar-refractivity contribution in [2.45, 2.75) is 33.2 Å². The Morgan fingerprint density at radius 2 is 1.83 bits per heavy atom. The summed E-state index contributed by atoms with van der Waals surface area (Å²) in [6.07, 6.45) is 1.47. The molecule has 1 heterocycles. The number of carbonyl (C=O) groups excluding carboxylic acids is 2. The van der Waals surface area contributed by atoms with E-state index < -0.39 is 5.92 Å². The van der Waals surface area contributed by atoms with E-state index in [4.69, 9.17) is 9.47 Å². The minimum absolute atomic E-state index is 0.143. The van der Waals surface area contributed by atoms with Crippen molar-refractivity contribution in [2.75, 3.05) is 25.2 Å². The molecule has 6 nitrogen and oxygen atoms in total. The van der Waals surface area contributed by atoms with Crippen LogP contribution in [0.5, 0.6) is 11.5 Å². The van der Waals surface area contributed by atoms with Crippen molar-refractivity contribution < 1.29 is 19.1 Å². The van der Waals surface area contributed by atoms with E-state index in [9.17, 15) is 9.59 Å². The van der Waals surface area contributed by atoms with Gasteiger partial charge in [0.15, 0.2) is 11.5 Å². The van der Waals surface area contributed by atoms with Gasteiger partial charge in [-0.15, -0.1) is 0 Å². The Kier molecular flexibility index (Phi) is 6.75. The van der Waals surface area contributed by atoms with E-state index in [1.807, 2.05) is 49.4 Å². The van der Waals surface area contributed by atoms with Gasteiger partial charge in [-0.25, -0.2) is 0 Å². The standard InChI is InChI=1S/C23H28N2O4/c1-4-16-6-9-18(10-7-16)25-13-12-19(23(25)27)22(26)24-15-17-8-11-20(29-5-2)21(14-17)28-3/h6-11,14,19H,4-5,12-13,15H2,1-3H3,(H,24,26)/t19-/m1/s1. The molecule has 3 rings (SSSR count). The molecule has 0 saturated carbocycles. The lowest BCUT2D eigenvalue weighted by Gasteiger charge is -2.17. The third-order valence-electron chi connectivity index (χ3n) is 5.17. The number of hydrogen-bond acceptors (Lipinski definition) is 4. The highest BCUT2D eigenvalue weighted by Gasteiger charge is 2.37. The number of hydrogen-bond donors (Lipinski definition) is 1. The molecule has 1 saturated heterocycles. The Morgan fingerprint density at radius 3 is 2.48 bits per heavy atom. The quantitative estimate of drug-likeness (QED) is 0.695. The lowest BCUT2D eigenvalue weighted by atomic mass is 10.1. The molecule has 2 aromatic carbocycles. The molecule has 0 aliphatic carbocycles. The number of anilines is 1. The second-order valence-electron chi connectivity index (χ2n) is 6.99. The van der Waals surface area contributed by atoms with E-state index >= 15 is 0 Å². The Hall–Kier alpha value is -3.02. The Morgan fingerprint density at radius 1 is 1.10 bits per heavy atom. The number of nitrogens with zero attached hydrogens (tertiary/aromatic N) is 1. The smallest absolute Gasteiger partial charge is 0.239 e. The molecular weight excluding hydrogens is 368 g/mol. The van der Waals surface area contributed by atoms with Gasteiger partial charge in [0.25, 0.3) is 0 Å². The van der Waals surface area contributed by atoms with Crippen molar-refractivity contribution in [3.8, 4) is 11.5 Å². The number of aryl methyl sites for hydroxylation is 1. The van der Waals surface area contributed by atoms with E-state index in [0.717, 1.165) is 17.7 Å². The van der Waals surface area contributed by atoms with Crippen molar-refractivity contribution in [3.63, 3.8) is 0 Å². The van der Waals surface area contributed by atoms with Gasteiger partial charge in [-0.05, 0) is 55.2 Å². The van der Waals surface area contributed by atoms with Gasteiger partial charge in [-0.1, -0.05) is 25.1 Å². The lowest BCUT2D eigenvalue weighted by Crippen LogP contribution is -2.36. The predicted molar refractivity (Wildman–Crippen MR) is 112 cm³/mol. The van der Waals surface area contributed by atoms with Gasteiger partial charge in [-0.2, -0.15) is 0 Å². The second-order valence-corrected chi connectivity index (χ2v) is 6.99. The third-order valence-corrected chi connectivity index (χ3v) is 5.17. The molecule has 1 atom stereocenters. The number of methoxy groups -OCH3 is 1. The highest BCUT2D eigenvalue weighted by molar-refractivity contribution is 6.09. The number of ether oxygens (including phenoxy) is 2. The molecule has 2 aromatic rings. The van der Waals surface area contributed by atoms with Crippen LogP contribution in [0, 0.1) is 5.92 Å². The highest BCUT2D eigenvalue weighted by Crippen LogP contribution is 2.29. The number of nitrogens with one attached hydrogen (secondary N) is 1. The normalized spacial score (nSPS) is 16.0. The van der Waals surface area contributed by atoms with Crippen LogP contribution in [-0.2, 0) is 22.6 Å². The average molecular weight is 396 g/mol. The average Bonchev–Trinajstić information content (AvgIpc) is 3.14. The van der Waals surface area contributed by atoms with Crippen molar-refractivity contribution in [2.24, 2.45) is 5.92 Å². The zero-order valence-electron chi connectivity index (χ0n) is 17.2. The summed E-state index contributed by atoms with van der Waals surface area (Å²) in [5.41, 5.74) is 2.95. The van der Waals surface area contributed by atoms with Crippen LogP contribution in [0.1, 0.15) is 31.4 Å². The van der Waals surface area contributed by atoms with Gasteiger partial charge in [0.2, 0.25) is 11.8 Å². The first-order valence-electron chi connectivity index (χ1n) is 10.0. The second kappa shape index (κ2) is 9.45. The summed E-state index contributed by atoms with van der Waals surface area (Å²) < 4.78 is 10.9. The first kappa shape index (κ1) is 20.7. The summed E-state index contributed by atoms with van der Waals surface area (Å²) in [6.45, 7) is 5.44. The highest BCUT2D eigenvalue weighted by atomic mass is 16.5. The van der Waals surface area contributed by atoms with Gasteiger partial charge < -0.3 is 19.7 Å². The molecule has 154 valence electrons. The lowest BCUT2D eigenvalue weighted by molar-refractivity contribution is -0.132. The van der Waals surface area contributed by atoms with E-state index in [-0.39, 0.29) is 11.8 Å². The topological polar surface area (TPSA) is 67.9 Å². The predicted octanol–water partition coefficient (Wildman–Crippen LogP) is 3.33. The molecule has 0 radical (unpaired) electrons. The first-order valence-corrected chi connectivity index (χ1v) is 10.0. The third kappa shape index (κ3) is 4.70. The Bertz CT molecular complexity index is 864. The van der Waals surface area contributed by atoms with Crippen LogP contribution in [0.4, 0.5) is 5.69 Å². The molecule has 6 heteroatoms. The number of amides is 2. The summed E-state index contributed by atoms with van der Waals surface area (Å²) in [6, 6.07) is 13.5. The molecule has 1 aliphatic heterocycles. The zero-order chi connectivity index (χ0) is 20.8. The number of carbonyl (C=O) groups is 2. The van der Waals surface area contributed by atoms with E-state index in [1.165, 1.54) is 5.56 Å². The number of rotatable bonds is 8. The van der Waals surface area contributed by atoms with Crippen LogP contribution in [0.2, 0.25) is 0 Å². The van der Waals surface area contributed by atoms with Crippen molar-refractivity contribution >= 4 is 17.5 Å². The monoisotopic (exact) mass is 396 g/mol. The molecule has 0 spiro atoms. The summed E-state index contributed by atoms with van der Waals surface area (Å²) in [5.74, 6) is 0.259. The molecule has 1 aliphatic rings. The summed E-state index contributed by atoms with van der Waals surface area (Å²) in [7, 11) is 1.58. The van der Waals surface area contributed by atoms with Gasteiger partial charge in [0.05, 0.1) is 13.7 Å². The SMILES string of the molecule is CCOc1ccc(CNC(=O)[C@H]2CCN(c3ccc(CC)cc3)C2=O)cc1OC. The number of benzene rings is 2. The molecular formula is C23H28N2O4. The van der Waals surface area contributed by atoms with Crippen LogP contribution < -0.4 is 19.7 Å². The maximum absolute atomic E-state index is 12.8. The van der Waals surface area contributed by atoms with Crippen LogP contribution in [-0.4, -0.2) is 32.1 Å². The molecule has 1 N–H and O–H groups in total. The Balaban J connectivity index is 1.60. The van der Waals surface area contributed by atoms with Gasteiger partial charge in [-0.3, -0.25) is 9.59 Å². The first-order chi connectivity index (χ1) is 14.1. The molecule has 0 unspecified atom stereocenters. The summed E-state index contributed by atoms with van der Waals surface area (Å²) in [4.78, 5) is 27.1. The zero-order valence-corrected chi connectivity index (χ0v) is 17.2. The molecule has 1 fully saturated rings. The molecule has 2 amide bonds.